The fourth-order valence-electron chi connectivity index (χ4n) is 1.91. The van der Waals surface area contributed by atoms with Crippen LogP contribution in [0.2, 0.25) is 0 Å². The molecular weight excluding hydrogens is 298 g/mol. The molecule has 0 saturated heterocycles. The molecule has 5 nitrogen and oxygen atoms in total. The Morgan fingerprint density at radius 2 is 1.82 bits per heavy atom. The summed E-state index contributed by atoms with van der Waals surface area (Å²) in [4.78, 5) is 4.12. The third-order valence-electron chi connectivity index (χ3n) is 3.17. The van der Waals surface area contributed by atoms with Gasteiger partial charge in [0.2, 0.25) is 5.88 Å². The molecule has 0 bridgehead atoms. The van der Waals surface area contributed by atoms with Crippen LogP contribution in [-0.4, -0.2) is 24.3 Å². The first-order chi connectivity index (χ1) is 10.6. The molecule has 1 atom stereocenters. The molecule has 0 amide bonds. The van der Waals surface area contributed by atoms with Crippen molar-refractivity contribution in [2.24, 2.45) is 0 Å². The minimum atomic E-state index is 0.0807. The number of methoxy groups -OCH3 is 2. The van der Waals surface area contributed by atoms with E-state index in [4.69, 9.17) is 21.7 Å². The molecule has 1 heterocycles. The van der Waals surface area contributed by atoms with Crippen molar-refractivity contribution >= 4 is 23.0 Å². The van der Waals surface area contributed by atoms with Gasteiger partial charge in [0.25, 0.3) is 0 Å². The minimum Gasteiger partial charge on any atom is -0.497 e. The maximum Gasteiger partial charge on any atom is 0.213 e. The third kappa shape index (κ3) is 4.33. The van der Waals surface area contributed by atoms with Crippen molar-refractivity contribution in [2.75, 3.05) is 19.5 Å². The standard InChI is InChI=1S/C16H19N3O2S/c1-11(12-4-7-14(20-2)8-5-12)18-16(22)19-13-6-9-15(21-3)17-10-13/h4-11H,1-3H3,(H2,18,19,22)/t11-/m0/s1. The molecule has 0 spiro atoms. The summed E-state index contributed by atoms with van der Waals surface area (Å²) in [6.45, 7) is 2.04. The van der Waals surface area contributed by atoms with E-state index >= 15 is 0 Å². The molecule has 0 radical (unpaired) electrons. The molecule has 0 aliphatic heterocycles. The number of thiocarbonyl (C=S) groups is 1. The zero-order valence-corrected chi connectivity index (χ0v) is 13.6. The van der Waals surface area contributed by atoms with Gasteiger partial charge in [0.05, 0.1) is 32.1 Å². The molecule has 2 N–H and O–H groups in total. The van der Waals surface area contributed by atoms with Crippen molar-refractivity contribution in [1.82, 2.24) is 10.3 Å². The highest BCUT2D eigenvalue weighted by Gasteiger charge is 2.07. The van der Waals surface area contributed by atoms with Gasteiger partial charge in [-0.25, -0.2) is 4.98 Å². The quantitative estimate of drug-likeness (QED) is 0.826. The van der Waals surface area contributed by atoms with Gasteiger partial charge in [-0.3, -0.25) is 0 Å². The van der Waals surface area contributed by atoms with E-state index in [1.807, 2.05) is 37.3 Å². The van der Waals surface area contributed by atoms with Gasteiger partial charge in [-0.15, -0.1) is 0 Å². The van der Waals surface area contributed by atoms with Crippen molar-refractivity contribution in [3.63, 3.8) is 0 Å². The SMILES string of the molecule is COc1ccc([C@H](C)NC(=S)Nc2ccc(OC)nc2)cc1. The number of nitrogens with zero attached hydrogens (tertiary/aromatic N) is 1. The average Bonchev–Trinajstić information content (AvgIpc) is 2.55. The van der Waals surface area contributed by atoms with Gasteiger partial charge < -0.3 is 20.1 Å². The molecule has 116 valence electrons. The number of anilines is 1. The molecule has 0 unspecified atom stereocenters. The number of hydrogen-bond acceptors (Lipinski definition) is 4. The lowest BCUT2D eigenvalue weighted by Crippen LogP contribution is -2.30. The second kappa shape index (κ2) is 7.61. The normalized spacial score (nSPS) is 11.4. The Labute approximate surface area is 135 Å². The van der Waals surface area contributed by atoms with Crippen LogP contribution < -0.4 is 20.1 Å². The van der Waals surface area contributed by atoms with Gasteiger partial charge in [0.1, 0.15) is 5.75 Å². The Bertz CT molecular complexity index is 614. The Morgan fingerprint density at radius 1 is 1.09 bits per heavy atom. The first kappa shape index (κ1) is 16.0. The summed E-state index contributed by atoms with van der Waals surface area (Å²) in [5, 5.41) is 6.86. The second-order valence-corrected chi connectivity index (χ2v) is 5.09. The second-order valence-electron chi connectivity index (χ2n) is 4.68. The predicted octanol–water partition coefficient (Wildman–Crippen LogP) is 3.15. The van der Waals surface area contributed by atoms with Gasteiger partial charge in [-0.1, -0.05) is 12.1 Å². The number of ether oxygens (including phenoxy) is 2. The predicted molar refractivity (Wildman–Crippen MR) is 91.6 cm³/mol. The van der Waals surface area contributed by atoms with Crippen molar-refractivity contribution in [1.29, 1.82) is 0 Å². The molecule has 0 fully saturated rings. The molecule has 0 saturated carbocycles. The van der Waals surface area contributed by atoms with Crippen LogP contribution in [0.5, 0.6) is 11.6 Å². The number of hydrogen-bond donors (Lipinski definition) is 2. The van der Waals surface area contributed by atoms with E-state index in [-0.39, 0.29) is 6.04 Å². The first-order valence-corrected chi connectivity index (χ1v) is 7.24. The Balaban J connectivity index is 1.92. The summed E-state index contributed by atoms with van der Waals surface area (Å²) in [5.41, 5.74) is 1.93. The molecule has 0 aliphatic carbocycles. The number of aromatic nitrogens is 1. The first-order valence-electron chi connectivity index (χ1n) is 6.84. The van der Waals surface area contributed by atoms with Crippen molar-refractivity contribution < 1.29 is 9.47 Å². The fourth-order valence-corrected chi connectivity index (χ4v) is 2.21. The largest absolute Gasteiger partial charge is 0.497 e. The summed E-state index contributed by atoms with van der Waals surface area (Å²) in [7, 11) is 3.23. The van der Waals surface area contributed by atoms with E-state index in [1.165, 1.54) is 0 Å². The molecular formula is C16H19N3O2S. The van der Waals surface area contributed by atoms with Crippen LogP contribution in [0.25, 0.3) is 0 Å². The number of pyridine rings is 1. The number of benzene rings is 1. The summed E-state index contributed by atoms with van der Waals surface area (Å²) >= 11 is 5.32. The van der Waals surface area contributed by atoms with E-state index in [0.29, 0.717) is 11.0 Å². The van der Waals surface area contributed by atoms with Crippen LogP contribution in [0, 0.1) is 0 Å². The highest BCUT2D eigenvalue weighted by atomic mass is 32.1. The molecule has 2 aromatic rings. The number of nitrogens with one attached hydrogen (secondary N) is 2. The summed E-state index contributed by atoms with van der Waals surface area (Å²) < 4.78 is 10.2. The summed E-state index contributed by atoms with van der Waals surface area (Å²) in [6.07, 6.45) is 1.67. The van der Waals surface area contributed by atoms with Gasteiger partial charge >= 0.3 is 0 Å². The van der Waals surface area contributed by atoms with Crippen molar-refractivity contribution in [3.8, 4) is 11.6 Å². The maximum absolute atomic E-state index is 5.32. The van der Waals surface area contributed by atoms with Crippen LogP contribution in [0.1, 0.15) is 18.5 Å². The highest BCUT2D eigenvalue weighted by Crippen LogP contribution is 2.17. The Hall–Kier alpha value is -2.34. The van der Waals surface area contributed by atoms with Crippen molar-refractivity contribution in [2.45, 2.75) is 13.0 Å². The minimum absolute atomic E-state index is 0.0807. The van der Waals surface area contributed by atoms with Gasteiger partial charge in [-0.2, -0.15) is 0 Å². The summed E-state index contributed by atoms with van der Waals surface area (Å²) in [5.74, 6) is 1.40. The van der Waals surface area contributed by atoms with E-state index in [9.17, 15) is 0 Å². The van der Waals surface area contributed by atoms with Gasteiger partial charge in [0.15, 0.2) is 5.11 Å². The average molecular weight is 317 g/mol. The van der Waals surface area contributed by atoms with Crippen LogP contribution in [-0.2, 0) is 0 Å². The van der Waals surface area contributed by atoms with E-state index in [2.05, 4.69) is 15.6 Å². The van der Waals surface area contributed by atoms with Crippen LogP contribution in [0.3, 0.4) is 0 Å². The fraction of sp³-hybridized carbons (Fsp3) is 0.250. The third-order valence-corrected chi connectivity index (χ3v) is 3.39. The number of rotatable bonds is 5. The molecule has 0 aliphatic rings. The van der Waals surface area contributed by atoms with Gasteiger partial charge in [0, 0.05) is 6.07 Å². The van der Waals surface area contributed by atoms with Crippen LogP contribution in [0.15, 0.2) is 42.6 Å². The molecule has 1 aromatic carbocycles. The van der Waals surface area contributed by atoms with Crippen LogP contribution in [0.4, 0.5) is 5.69 Å². The smallest absolute Gasteiger partial charge is 0.213 e. The molecule has 1 aromatic heterocycles. The Morgan fingerprint density at radius 3 is 2.36 bits per heavy atom. The lowest BCUT2D eigenvalue weighted by Gasteiger charge is -2.17. The van der Waals surface area contributed by atoms with Gasteiger partial charge in [-0.05, 0) is 42.9 Å². The summed E-state index contributed by atoms with van der Waals surface area (Å²) in [6, 6.07) is 11.6. The zero-order chi connectivity index (χ0) is 15.9. The van der Waals surface area contributed by atoms with E-state index < -0.39 is 0 Å². The maximum atomic E-state index is 5.32. The molecule has 6 heteroatoms. The molecule has 22 heavy (non-hydrogen) atoms. The topological polar surface area (TPSA) is 55.4 Å². The monoisotopic (exact) mass is 317 g/mol. The highest BCUT2D eigenvalue weighted by molar-refractivity contribution is 7.80. The Kier molecular flexibility index (Phi) is 5.55. The van der Waals surface area contributed by atoms with Crippen molar-refractivity contribution in [3.05, 3.63) is 48.2 Å². The zero-order valence-electron chi connectivity index (χ0n) is 12.8. The lowest BCUT2D eigenvalue weighted by atomic mass is 10.1. The van der Waals surface area contributed by atoms with E-state index in [0.717, 1.165) is 17.0 Å². The van der Waals surface area contributed by atoms with E-state index in [1.54, 1.807) is 26.5 Å². The lowest BCUT2D eigenvalue weighted by molar-refractivity contribution is 0.398. The molecule has 2 rings (SSSR count). The van der Waals surface area contributed by atoms with Crippen LogP contribution >= 0.6 is 12.2 Å².